The van der Waals surface area contributed by atoms with E-state index >= 15 is 0 Å². The number of Topliss-reactive ketones (excluding diaryl/α,β-unsaturated/α-hetero) is 1. The number of hydrogen-bond donors (Lipinski definition) is 0. The number of aromatic nitrogens is 2. The zero-order valence-electron chi connectivity index (χ0n) is 12.6. The molecule has 0 saturated heterocycles. The van der Waals surface area contributed by atoms with Gasteiger partial charge in [0.2, 0.25) is 0 Å². The van der Waals surface area contributed by atoms with Crippen molar-refractivity contribution in [1.82, 2.24) is 8.96 Å². The van der Waals surface area contributed by atoms with Gasteiger partial charge >= 0.3 is 0 Å². The standard InChI is InChI=1S/C17H15ClN2OS/c1-10-4-6-13(7-5-10)22-20-9-15(12(3)21)14-8-16(18)19-11(2)17(14)20/h4-9H,1-3H3. The molecule has 0 radical (unpaired) electrons. The number of benzene rings is 1. The summed E-state index contributed by atoms with van der Waals surface area (Å²) in [6, 6.07) is 10.0. The third-order valence-corrected chi connectivity index (χ3v) is 4.66. The van der Waals surface area contributed by atoms with Gasteiger partial charge < -0.3 is 0 Å². The van der Waals surface area contributed by atoms with Crippen molar-refractivity contribution in [1.29, 1.82) is 0 Å². The van der Waals surface area contributed by atoms with E-state index in [-0.39, 0.29) is 5.78 Å². The van der Waals surface area contributed by atoms with E-state index in [1.54, 1.807) is 24.9 Å². The van der Waals surface area contributed by atoms with Gasteiger partial charge in [0.1, 0.15) is 5.15 Å². The van der Waals surface area contributed by atoms with E-state index in [1.165, 1.54) is 5.56 Å². The number of carbonyl (C=O) groups is 1. The van der Waals surface area contributed by atoms with Gasteiger partial charge in [-0.3, -0.25) is 8.77 Å². The second-order valence-corrected chi connectivity index (χ2v) is 6.69. The molecule has 0 atom stereocenters. The van der Waals surface area contributed by atoms with Crippen molar-refractivity contribution in [3.8, 4) is 0 Å². The molecule has 3 rings (SSSR count). The first-order chi connectivity index (χ1) is 10.5. The minimum atomic E-state index is 0.0231. The summed E-state index contributed by atoms with van der Waals surface area (Å²) in [6.45, 7) is 5.53. The van der Waals surface area contributed by atoms with Crippen molar-refractivity contribution in [2.75, 3.05) is 0 Å². The van der Waals surface area contributed by atoms with E-state index < -0.39 is 0 Å². The van der Waals surface area contributed by atoms with Crippen LogP contribution in [0.15, 0.2) is 41.4 Å². The van der Waals surface area contributed by atoms with E-state index in [0.717, 1.165) is 21.5 Å². The van der Waals surface area contributed by atoms with Crippen molar-refractivity contribution >= 4 is 40.2 Å². The summed E-state index contributed by atoms with van der Waals surface area (Å²) in [5.41, 5.74) is 3.63. The number of hydrogen-bond acceptors (Lipinski definition) is 3. The molecule has 0 bridgehead atoms. The van der Waals surface area contributed by atoms with Crippen LogP contribution in [0, 0.1) is 13.8 Å². The van der Waals surface area contributed by atoms with E-state index in [2.05, 4.69) is 36.2 Å². The average molecular weight is 331 g/mol. The van der Waals surface area contributed by atoms with Crippen molar-refractivity contribution in [2.45, 2.75) is 25.7 Å². The SMILES string of the molecule is CC(=O)c1cn(Sc2ccc(C)cc2)c2c(C)nc(Cl)cc12. The maximum Gasteiger partial charge on any atom is 0.161 e. The Morgan fingerprint density at radius 3 is 2.55 bits per heavy atom. The molecule has 0 N–H and O–H groups in total. The van der Waals surface area contributed by atoms with Gasteiger partial charge in [-0.15, -0.1) is 0 Å². The fourth-order valence-corrected chi connectivity index (χ4v) is 3.63. The number of carbonyl (C=O) groups excluding carboxylic acids is 1. The van der Waals surface area contributed by atoms with Crippen LogP contribution >= 0.6 is 23.5 Å². The first-order valence-electron chi connectivity index (χ1n) is 6.90. The molecule has 3 aromatic rings. The third kappa shape index (κ3) is 2.76. The summed E-state index contributed by atoms with van der Waals surface area (Å²) in [4.78, 5) is 17.3. The van der Waals surface area contributed by atoms with Crippen molar-refractivity contribution in [2.24, 2.45) is 0 Å². The fourth-order valence-electron chi connectivity index (χ4n) is 2.43. The highest BCUT2D eigenvalue weighted by Crippen LogP contribution is 2.32. The summed E-state index contributed by atoms with van der Waals surface area (Å²) in [6.07, 6.45) is 1.86. The Balaban J connectivity index is 2.17. The van der Waals surface area contributed by atoms with Crippen LogP contribution in [-0.4, -0.2) is 14.7 Å². The van der Waals surface area contributed by atoms with Gasteiger partial charge in [0.15, 0.2) is 5.78 Å². The Labute approximate surface area is 138 Å². The number of pyridine rings is 1. The largest absolute Gasteiger partial charge is 0.294 e. The van der Waals surface area contributed by atoms with Crippen LogP contribution in [0.25, 0.3) is 10.9 Å². The van der Waals surface area contributed by atoms with Crippen LogP contribution in [0.2, 0.25) is 5.15 Å². The fraction of sp³-hybridized carbons (Fsp3) is 0.176. The van der Waals surface area contributed by atoms with Gasteiger partial charge in [-0.05, 0) is 50.9 Å². The Bertz CT molecular complexity index is 868. The summed E-state index contributed by atoms with van der Waals surface area (Å²) < 4.78 is 2.00. The zero-order valence-corrected chi connectivity index (χ0v) is 14.1. The smallest absolute Gasteiger partial charge is 0.161 e. The Hall–Kier alpha value is -1.78. The lowest BCUT2D eigenvalue weighted by Crippen LogP contribution is -1.91. The number of rotatable bonds is 3. The molecule has 0 saturated carbocycles. The first kappa shape index (κ1) is 15.1. The second-order valence-electron chi connectivity index (χ2n) is 5.26. The molecule has 0 fully saturated rings. The summed E-state index contributed by atoms with van der Waals surface area (Å²) in [5.74, 6) is 0.0231. The normalized spacial score (nSPS) is 11.1. The van der Waals surface area contributed by atoms with Crippen LogP contribution in [0.5, 0.6) is 0 Å². The van der Waals surface area contributed by atoms with Gasteiger partial charge in [-0.25, -0.2) is 4.98 Å². The lowest BCUT2D eigenvalue weighted by atomic mass is 10.1. The van der Waals surface area contributed by atoms with Crippen LogP contribution in [0.3, 0.4) is 0 Å². The molecule has 0 aliphatic carbocycles. The van der Waals surface area contributed by atoms with E-state index in [0.29, 0.717) is 10.7 Å². The van der Waals surface area contributed by atoms with Gasteiger partial charge in [-0.2, -0.15) is 0 Å². The second kappa shape index (κ2) is 5.78. The number of nitrogens with zero attached hydrogens (tertiary/aromatic N) is 2. The molecule has 1 aromatic carbocycles. The molecule has 0 aliphatic rings. The Kier molecular flexibility index (Phi) is 3.98. The molecule has 112 valence electrons. The first-order valence-corrected chi connectivity index (χ1v) is 8.05. The van der Waals surface area contributed by atoms with E-state index in [1.807, 2.05) is 17.1 Å². The van der Waals surface area contributed by atoms with Crippen molar-refractivity contribution in [3.63, 3.8) is 0 Å². The monoisotopic (exact) mass is 330 g/mol. The summed E-state index contributed by atoms with van der Waals surface area (Å²) in [5, 5.41) is 1.26. The maximum atomic E-state index is 11.9. The molecular weight excluding hydrogens is 316 g/mol. The minimum absolute atomic E-state index is 0.0231. The highest BCUT2D eigenvalue weighted by Gasteiger charge is 2.16. The molecule has 22 heavy (non-hydrogen) atoms. The molecule has 2 heterocycles. The van der Waals surface area contributed by atoms with Crippen LogP contribution in [-0.2, 0) is 0 Å². The number of ketones is 1. The topological polar surface area (TPSA) is 34.9 Å². The lowest BCUT2D eigenvalue weighted by molar-refractivity contribution is 0.101. The van der Waals surface area contributed by atoms with Crippen molar-refractivity contribution < 1.29 is 4.79 Å². The summed E-state index contributed by atoms with van der Waals surface area (Å²) in [7, 11) is 0. The number of aryl methyl sites for hydroxylation is 2. The predicted octanol–water partition coefficient (Wildman–Crippen LogP) is 5.06. The highest BCUT2D eigenvalue weighted by molar-refractivity contribution is 7.98. The Morgan fingerprint density at radius 2 is 1.91 bits per heavy atom. The molecule has 0 aliphatic heterocycles. The van der Waals surface area contributed by atoms with Gasteiger partial charge in [0, 0.05) is 22.0 Å². The molecule has 2 aromatic heterocycles. The van der Waals surface area contributed by atoms with E-state index in [4.69, 9.17) is 11.6 Å². The van der Waals surface area contributed by atoms with Crippen molar-refractivity contribution in [3.05, 3.63) is 58.5 Å². The van der Waals surface area contributed by atoms with Crippen LogP contribution in [0.1, 0.15) is 28.5 Å². The third-order valence-electron chi connectivity index (χ3n) is 3.50. The maximum absolute atomic E-state index is 11.9. The molecule has 3 nitrogen and oxygen atoms in total. The molecular formula is C17H15ClN2OS. The zero-order chi connectivity index (χ0) is 15.9. The van der Waals surface area contributed by atoms with Crippen LogP contribution < -0.4 is 0 Å². The average Bonchev–Trinajstić information content (AvgIpc) is 2.80. The predicted molar refractivity (Wildman–Crippen MR) is 91.9 cm³/mol. The quantitative estimate of drug-likeness (QED) is 0.497. The minimum Gasteiger partial charge on any atom is -0.294 e. The molecule has 5 heteroatoms. The lowest BCUT2D eigenvalue weighted by Gasteiger charge is -2.06. The van der Waals surface area contributed by atoms with Gasteiger partial charge in [0.05, 0.1) is 11.2 Å². The number of fused-ring (bicyclic) bond motifs is 1. The van der Waals surface area contributed by atoms with Gasteiger partial charge in [-0.1, -0.05) is 29.3 Å². The highest BCUT2D eigenvalue weighted by atomic mass is 35.5. The van der Waals surface area contributed by atoms with E-state index in [9.17, 15) is 4.79 Å². The van der Waals surface area contributed by atoms with Gasteiger partial charge in [0.25, 0.3) is 0 Å². The summed E-state index contributed by atoms with van der Waals surface area (Å²) >= 11 is 7.61. The Morgan fingerprint density at radius 1 is 1.23 bits per heavy atom. The van der Waals surface area contributed by atoms with Crippen LogP contribution in [0.4, 0.5) is 0 Å². The molecule has 0 spiro atoms. The molecule has 0 amide bonds. The molecule has 0 unspecified atom stereocenters. The number of halogens is 1.